The van der Waals surface area contributed by atoms with Gasteiger partial charge in [-0.25, -0.2) is 4.68 Å². The van der Waals surface area contributed by atoms with Gasteiger partial charge in [0.05, 0.1) is 11.6 Å². The van der Waals surface area contributed by atoms with Gasteiger partial charge in [-0.05, 0) is 30.5 Å². The molecule has 1 heterocycles. The standard InChI is InChI=1S/C16H17N3/c1-2-14(12-13-8-4-3-5-9-13)19-16-11-7-6-10-15(16)17-18-19/h3-11,14H,2,12H2,1H3. The summed E-state index contributed by atoms with van der Waals surface area (Å²) < 4.78 is 2.06. The minimum Gasteiger partial charge on any atom is -0.241 e. The molecule has 0 spiro atoms. The zero-order chi connectivity index (χ0) is 13.1. The highest BCUT2D eigenvalue weighted by molar-refractivity contribution is 5.73. The number of hydrogen-bond acceptors (Lipinski definition) is 2. The number of aromatic nitrogens is 3. The van der Waals surface area contributed by atoms with E-state index in [4.69, 9.17) is 0 Å². The van der Waals surface area contributed by atoms with Gasteiger partial charge in [0, 0.05) is 0 Å². The summed E-state index contributed by atoms with van der Waals surface area (Å²) in [5, 5.41) is 8.57. The Morgan fingerprint density at radius 2 is 1.74 bits per heavy atom. The largest absolute Gasteiger partial charge is 0.241 e. The lowest BCUT2D eigenvalue weighted by molar-refractivity contribution is 0.439. The van der Waals surface area contributed by atoms with E-state index < -0.39 is 0 Å². The minimum atomic E-state index is 0.356. The molecule has 0 saturated carbocycles. The maximum absolute atomic E-state index is 4.33. The third-order valence-electron chi connectivity index (χ3n) is 3.51. The zero-order valence-electron chi connectivity index (χ0n) is 11.0. The topological polar surface area (TPSA) is 30.7 Å². The normalized spacial score (nSPS) is 12.7. The predicted molar refractivity (Wildman–Crippen MR) is 77.0 cm³/mol. The SMILES string of the molecule is CCC(Cc1ccccc1)n1nnc2ccccc21. The summed E-state index contributed by atoms with van der Waals surface area (Å²) in [6, 6.07) is 19.0. The maximum atomic E-state index is 4.33. The molecule has 3 aromatic rings. The molecule has 3 rings (SSSR count). The molecule has 2 aromatic carbocycles. The zero-order valence-corrected chi connectivity index (χ0v) is 11.0. The van der Waals surface area contributed by atoms with Crippen LogP contribution >= 0.6 is 0 Å². The number of nitrogens with zero attached hydrogens (tertiary/aromatic N) is 3. The molecule has 0 bridgehead atoms. The Hall–Kier alpha value is -2.16. The smallest absolute Gasteiger partial charge is 0.113 e. The van der Waals surface area contributed by atoms with Crippen molar-refractivity contribution in [1.82, 2.24) is 15.0 Å². The first kappa shape index (κ1) is 11.9. The van der Waals surface area contributed by atoms with E-state index in [0.29, 0.717) is 6.04 Å². The molecule has 0 fully saturated rings. The van der Waals surface area contributed by atoms with E-state index in [1.54, 1.807) is 0 Å². The summed E-state index contributed by atoms with van der Waals surface area (Å²) in [5.74, 6) is 0. The van der Waals surface area contributed by atoms with Gasteiger partial charge in [-0.3, -0.25) is 0 Å². The Bertz CT molecular complexity index is 658. The molecule has 0 radical (unpaired) electrons. The fraction of sp³-hybridized carbons (Fsp3) is 0.250. The molecule has 0 saturated heterocycles. The molecule has 19 heavy (non-hydrogen) atoms. The van der Waals surface area contributed by atoms with Crippen molar-refractivity contribution in [1.29, 1.82) is 0 Å². The molecule has 0 amide bonds. The van der Waals surface area contributed by atoms with Crippen LogP contribution in [0.5, 0.6) is 0 Å². The lowest BCUT2D eigenvalue weighted by Gasteiger charge is -2.15. The molecule has 96 valence electrons. The quantitative estimate of drug-likeness (QED) is 0.709. The Labute approximate surface area is 112 Å². The number of para-hydroxylation sites is 1. The van der Waals surface area contributed by atoms with Gasteiger partial charge in [-0.1, -0.05) is 54.6 Å². The van der Waals surface area contributed by atoms with E-state index >= 15 is 0 Å². The first-order valence-corrected chi connectivity index (χ1v) is 6.72. The summed E-state index contributed by atoms with van der Waals surface area (Å²) in [5.41, 5.74) is 3.42. The summed E-state index contributed by atoms with van der Waals surface area (Å²) in [4.78, 5) is 0. The van der Waals surface area contributed by atoms with Gasteiger partial charge >= 0.3 is 0 Å². The number of benzene rings is 2. The van der Waals surface area contributed by atoms with Crippen LogP contribution in [0, 0.1) is 0 Å². The Morgan fingerprint density at radius 3 is 2.53 bits per heavy atom. The molecule has 3 heteroatoms. The summed E-state index contributed by atoms with van der Waals surface area (Å²) in [6.45, 7) is 2.20. The second-order valence-corrected chi connectivity index (χ2v) is 4.77. The lowest BCUT2D eigenvalue weighted by Crippen LogP contribution is -2.12. The third kappa shape index (κ3) is 2.36. The maximum Gasteiger partial charge on any atom is 0.113 e. The second kappa shape index (κ2) is 5.22. The van der Waals surface area contributed by atoms with Crippen LogP contribution in [0.3, 0.4) is 0 Å². The van der Waals surface area contributed by atoms with Crippen molar-refractivity contribution in [2.24, 2.45) is 0 Å². The van der Waals surface area contributed by atoms with Crippen molar-refractivity contribution in [2.45, 2.75) is 25.8 Å². The van der Waals surface area contributed by atoms with Crippen molar-refractivity contribution in [2.75, 3.05) is 0 Å². The molecule has 1 unspecified atom stereocenters. The van der Waals surface area contributed by atoms with Crippen LogP contribution in [0.2, 0.25) is 0 Å². The Morgan fingerprint density at radius 1 is 1.00 bits per heavy atom. The molecule has 1 aromatic heterocycles. The van der Waals surface area contributed by atoms with Gasteiger partial charge < -0.3 is 0 Å². The van der Waals surface area contributed by atoms with Gasteiger partial charge in [0.15, 0.2) is 0 Å². The fourth-order valence-electron chi connectivity index (χ4n) is 2.45. The van der Waals surface area contributed by atoms with Gasteiger partial charge in [-0.15, -0.1) is 5.10 Å². The average molecular weight is 251 g/mol. The van der Waals surface area contributed by atoms with Crippen LogP contribution in [-0.2, 0) is 6.42 Å². The van der Waals surface area contributed by atoms with Crippen molar-refractivity contribution < 1.29 is 0 Å². The fourth-order valence-corrected chi connectivity index (χ4v) is 2.45. The minimum absolute atomic E-state index is 0.356. The van der Waals surface area contributed by atoms with Crippen molar-refractivity contribution in [3.8, 4) is 0 Å². The van der Waals surface area contributed by atoms with E-state index in [-0.39, 0.29) is 0 Å². The number of fused-ring (bicyclic) bond motifs is 1. The van der Waals surface area contributed by atoms with Crippen molar-refractivity contribution in [3.63, 3.8) is 0 Å². The molecular formula is C16H17N3. The van der Waals surface area contributed by atoms with Crippen LogP contribution < -0.4 is 0 Å². The second-order valence-electron chi connectivity index (χ2n) is 4.77. The molecule has 1 atom stereocenters. The van der Waals surface area contributed by atoms with Gasteiger partial charge in [0.25, 0.3) is 0 Å². The first-order valence-electron chi connectivity index (χ1n) is 6.72. The highest BCUT2D eigenvalue weighted by atomic mass is 15.4. The number of rotatable bonds is 4. The van der Waals surface area contributed by atoms with Crippen LogP contribution in [0.1, 0.15) is 24.9 Å². The van der Waals surface area contributed by atoms with E-state index in [2.05, 4.69) is 58.3 Å². The lowest BCUT2D eigenvalue weighted by atomic mass is 10.0. The molecule has 3 nitrogen and oxygen atoms in total. The van der Waals surface area contributed by atoms with E-state index in [9.17, 15) is 0 Å². The van der Waals surface area contributed by atoms with Crippen LogP contribution in [0.25, 0.3) is 11.0 Å². The van der Waals surface area contributed by atoms with E-state index in [0.717, 1.165) is 23.9 Å². The molecule has 0 aliphatic heterocycles. The highest BCUT2D eigenvalue weighted by Crippen LogP contribution is 2.21. The van der Waals surface area contributed by atoms with Crippen LogP contribution in [0.15, 0.2) is 54.6 Å². The van der Waals surface area contributed by atoms with Crippen LogP contribution in [0.4, 0.5) is 0 Å². The van der Waals surface area contributed by atoms with Gasteiger partial charge in [0.1, 0.15) is 5.52 Å². The average Bonchev–Trinajstić information content (AvgIpc) is 2.90. The van der Waals surface area contributed by atoms with E-state index in [1.807, 2.05) is 18.2 Å². The summed E-state index contributed by atoms with van der Waals surface area (Å²) in [7, 11) is 0. The van der Waals surface area contributed by atoms with Gasteiger partial charge in [0.2, 0.25) is 0 Å². The van der Waals surface area contributed by atoms with Crippen LogP contribution in [-0.4, -0.2) is 15.0 Å². The molecule has 0 aliphatic rings. The molecule has 0 N–H and O–H groups in total. The van der Waals surface area contributed by atoms with Gasteiger partial charge in [-0.2, -0.15) is 0 Å². The summed E-state index contributed by atoms with van der Waals surface area (Å²) in [6.07, 6.45) is 2.03. The third-order valence-corrected chi connectivity index (χ3v) is 3.51. The molecule has 0 aliphatic carbocycles. The number of hydrogen-bond donors (Lipinski definition) is 0. The summed E-state index contributed by atoms with van der Waals surface area (Å²) >= 11 is 0. The monoisotopic (exact) mass is 251 g/mol. The Kier molecular flexibility index (Phi) is 3.27. The first-order chi connectivity index (χ1) is 9.38. The Balaban J connectivity index is 1.94. The predicted octanol–water partition coefficient (Wildman–Crippen LogP) is 3.63. The van der Waals surface area contributed by atoms with E-state index in [1.165, 1.54) is 5.56 Å². The van der Waals surface area contributed by atoms with Crippen molar-refractivity contribution in [3.05, 3.63) is 60.2 Å². The van der Waals surface area contributed by atoms with Crippen molar-refractivity contribution >= 4 is 11.0 Å². The molecular weight excluding hydrogens is 234 g/mol. The highest BCUT2D eigenvalue weighted by Gasteiger charge is 2.14.